The summed E-state index contributed by atoms with van der Waals surface area (Å²) in [6.07, 6.45) is 5.44. The molecule has 42 heavy (non-hydrogen) atoms. The number of carbonyl (C=O) groups excluding carboxylic acids is 1. The number of nitrogens with zero attached hydrogens (tertiary/aromatic N) is 3. The lowest BCUT2D eigenvalue weighted by Gasteiger charge is -2.24. The highest BCUT2D eigenvalue weighted by Crippen LogP contribution is 2.59. The molecule has 0 saturated heterocycles. The van der Waals surface area contributed by atoms with Crippen molar-refractivity contribution < 1.29 is 26.6 Å². The number of amides is 1. The van der Waals surface area contributed by atoms with Gasteiger partial charge in [0.1, 0.15) is 17.1 Å². The Morgan fingerprint density at radius 2 is 1.95 bits per heavy atom. The number of aromatic nitrogens is 1. The van der Waals surface area contributed by atoms with Crippen molar-refractivity contribution in [2.24, 2.45) is 16.8 Å². The molecule has 2 aliphatic carbocycles. The fraction of sp³-hybridized carbons (Fsp3) is 0.469. The average molecular weight is 594 g/mol. The van der Waals surface area contributed by atoms with Crippen molar-refractivity contribution in [2.45, 2.75) is 82.9 Å². The molecule has 0 bridgehead atoms. The van der Waals surface area contributed by atoms with Gasteiger partial charge in [-0.15, -0.1) is 0 Å². The van der Waals surface area contributed by atoms with Crippen LogP contribution in [0, 0.1) is 25.7 Å². The maximum absolute atomic E-state index is 13.9. The fourth-order valence-electron chi connectivity index (χ4n) is 6.45. The molecular weight excluding hydrogens is 552 g/mol. The van der Waals surface area contributed by atoms with Gasteiger partial charge in [-0.25, -0.2) is 8.42 Å². The Balaban J connectivity index is 1.34. The maximum Gasteiger partial charge on any atom is 0.263 e. The van der Waals surface area contributed by atoms with E-state index < -0.39 is 22.6 Å². The summed E-state index contributed by atoms with van der Waals surface area (Å²) in [7, 11) is -6.78. The molecule has 2 aromatic carbocycles. The van der Waals surface area contributed by atoms with Crippen molar-refractivity contribution in [2.75, 3.05) is 11.8 Å². The van der Waals surface area contributed by atoms with E-state index in [4.69, 9.17) is 18.4 Å². The van der Waals surface area contributed by atoms with E-state index in [1.807, 2.05) is 6.07 Å². The first-order chi connectivity index (χ1) is 21.3. The van der Waals surface area contributed by atoms with E-state index in [9.17, 15) is 13.2 Å². The van der Waals surface area contributed by atoms with Gasteiger partial charge in [-0.05, 0) is 74.1 Å². The number of amidine groups is 1. The number of aryl methyl sites for hydroxylation is 1. The number of hydrogen-bond donors (Lipinski definition) is 1. The highest BCUT2D eigenvalue weighted by Gasteiger charge is 2.61. The van der Waals surface area contributed by atoms with Crippen LogP contribution in [0.1, 0.15) is 72.0 Å². The second kappa shape index (κ2) is 11.0. The van der Waals surface area contributed by atoms with E-state index in [-0.39, 0.29) is 29.8 Å². The first kappa shape index (κ1) is 25.0. The summed E-state index contributed by atoms with van der Waals surface area (Å²) in [5.41, 5.74) is 2.04. The van der Waals surface area contributed by atoms with E-state index >= 15 is 0 Å². The lowest BCUT2D eigenvalue weighted by Crippen LogP contribution is -2.41. The summed E-state index contributed by atoms with van der Waals surface area (Å²) in [5.74, 6) is 2.64. The van der Waals surface area contributed by atoms with Crippen molar-refractivity contribution >= 4 is 27.6 Å². The monoisotopic (exact) mass is 593 g/mol. The van der Waals surface area contributed by atoms with Crippen LogP contribution < -0.4 is 4.72 Å². The molecule has 222 valence electrons. The Hall–Kier alpha value is -3.50. The number of methoxy groups -OCH3 is 1. The number of hydrogen-bond acceptors (Lipinski definition) is 7. The van der Waals surface area contributed by atoms with E-state index in [0.29, 0.717) is 39.8 Å². The molecule has 0 radical (unpaired) electrons. The normalized spacial score (nSPS) is 24.4. The van der Waals surface area contributed by atoms with Crippen LogP contribution in [0.15, 0.2) is 56.9 Å². The highest BCUT2D eigenvalue weighted by atomic mass is 32.2. The lowest BCUT2D eigenvalue weighted by atomic mass is 9.93. The van der Waals surface area contributed by atoms with Gasteiger partial charge in [0.15, 0.2) is 5.82 Å². The van der Waals surface area contributed by atoms with Crippen LogP contribution in [0.4, 0.5) is 5.82 Å². The van der Waals surface area contributed by atoms with Crippen LogP contribution in [-0.2, 0) is 32.7 Å². The zero-order valence-electron chi connectivity index (χ0n) is 27.1. The van der Waals surface area contributed by atoms with Gasteiger partial charge in [-0.3, -0.25) is 19.4 Å². The van der Waals surface area contributed by atoms with Crippen molar-refractivity contribution in [1.82, 2.24) is 10.1 Å². The molecule has 1 aliphatic heterocycles. The van der Waals surface area contributed by atoms with E-state index in [2.05, 4.69) is 16.8 Å². The van der Waals surface area contributed by atoms with E-state index in [1.54, 1.807) is 49.1 Å². The van der Waals surface area contributed by atoms with Crippen LogP contribution in [0.2, 0.25) is 0 Å². The molecule has 9 nitrogen and oxygen atoms in total. The van der Waals surface area contributed by atoms with Crippen molar-refractivity contribution in [3.05, 3.63) is 64.9 Å². The van der Waals surface area contributed by atoms with Gasteiger partial charge < -0.3 is 9.26 Å². The number of sulfonamides is 1. The Labute approximate surface area is 251 Å². The van der Waals surface area contributed by atoms with Gasteiger partial charge in [0, 0.05) is 24.6 Å². The minimum absolute atomic E-state index is 0.0154. The maximum atomic E-state index is 13.9. The number of rotatable bonds is 11. The molecule has 1 spiro atoms. The molecular formula is C32H38N4O5S. The second-order valence-corrected chi connectivity index (χ2v) is 13.5. The lowest BCUT2D eigenvalue weighted by molar-refractivity contribution is -0.131. The standard InChI is InChI=1S/C32H38N4O5S/c1-5-6-11-29-33-32(16-23-15-24(23)17-32)31(37)36(29)18-22-12-13-26(25(14-22)19-40-4)27-9-7-8-10-28(27)42(38,39)35-30-20(2)21(3)41-34-30/h7-10,12-14,23-24H,5-6,11,15-19H2,1-4H3,(H,34,35)/i4D3. The Morgan fingerprint density at radius 1 is 1.17 bits per heavy atom. The minimum atomic E-state index is -4.12. The van der Waals surface area contributed by atoms with Gasteiger partial charge in [0.25, 0.3) is 15.9 Å². The zero-order chi connectivity index (χ0) is 32.1. The topological polar surface area (TPSA) is 114 Å². The summed E-state index contributed by atoms with van der Waals surface area (Å²) in [6, 6.07) is 11.9. The largest absolute Gasteiger partial charge is 0.380 e. The van der Waals surface area contributed by atoms with Crippen molar-refractivity contribution in [3.8, 4) is 11.1 Å². The number of fused-ring (bicyclic) bond motifs is 1. The predicted octanol–water partition coefficient (Wildman–Crippen LogP) is 6.01. The molecule has 3 aromatic rings. The number of aliphatic imine (C=N–C) groups is 1. The molecule has 2 heterocycles. The summed E-state index contributed by atoms with van der Waals surface area (Å²) in [6.45, 7) is 5.50. The average Bonchev–Trinajstić information content (AvgIpc) is 3.39. The summed E-state index contributed by atoms with van der Waals surface area (Å²) >= 11 is 0. The molecule has 10 heteroatoms. The molecule has 1 N–H and O–H groups in total. The highest BCUT2D eigenvalue weighted by molar-refractivity contribution is 7.92. The van der Waals surface area contributed by atoms with Crippen LogP contribution in [0.5, 0.6) is 0 Å². The SMILES string of the molecule is [2H]C([2H])([2H])OCc1cc(CN2C(=O)C3(CC4CC4C3)N=C2CCCC)ccc1-c1ccccc1S(=O)(=O)Nc1noc(C)c1C. The number of nitrogens with one attached hydrogen (secondary N) is 1. The molecule has 2 atom stereocenters. The molecule has 3 aliphatic rings. The number of unbranched alkanes of at least 4 members (excludes halogenated alkanes) is 1. The Morgan fingerprint density at radius 3 is 2.67 bits per heavy atom. The van der Waals surface area contributed by atoms with Gasteiger partial charge in [0.05, 0.1) is 22.2 Å². The van der Waals surface area contributed by atoms with Crippen LogP contribution in [0.3, 0.4) is 0 Å². The first-order valence-electron chi connectivity index (χ1n) is 16.0. The number of benzene rings is 2. The van der Waals surface area contributed by atoms with Crippen LogP contribution >= 0.6 is 0 Å². The summed E-state index contributed by atoms with van der Waals surface area (Å²) in [4.78, 5) is 20.7. The van der Waals surface area contributed by atoms with Gasteiger partial charge in [-0.2, -0.15) is 0 Å². The van der Waals surface area contributed by atoms with Gasteiger partial charge >= 0.3 is 0 Å². The molecule has 1 amide bonds. The molecule has 1 aromatic heterocycles. The van der Waals surface area contributed by atoms with E-state index in [1.165, 1.54) is 12.5 Å². The third-order valence-electron chi connectivity index (χ3n) is 8.91. The Kier molecular flexibility index (Phi) is 6.54. The van der Waals surface area contributed by atoms with Crippen LogP contribution in [-0.4, -0.2) is 42.8 Å². The fourth-order valence-corrected chi connectivity index (χ4v) is 7.73. The zero-order valence-corrected chi connectivity index (χ0v) is 25.0. The Bertz CT molecular complexity index is 1760. The van der Waals surface area contributed by atoms with E-state index in [0.717, 1.165) is 43.5 Å². The molecule has 6 rings (SSSR count). The molecule has 2 saturated carbocycles. The molecule has 2 unspecified atom stereocenters. The summed E-state index contributed by atoms with van der Waals surface area (Å²) < 4.78 is 63.0. The molecule has 2 fully saturated rings. The number of ether oxygens (including phenoxy) is 1. The predicted molar refractivity (Wildman–Crippen MR) is 160 cm³/mol. The third-order valence-corrected chi connectivity index (χ3v) is 10.3. The van der Waals surface area contributed by atoms with Gasteiger partial charge in [-0.1, -0.05) is 54.9 Å². The van der Waals surface area contributed by atoms with Crippen molar-refractivity contribution in [1.29, 1.82) is 0 Å². The second-order valence-electron chi connectivity index (χ2n) is 11.8. The summed E-state index contributed by atoms with van der Waals surface area (Å²) in [5, 5.41) is 3.84. The number of anilines is 1. The third kappa shape index (κ3) is 5.15. The van der Waals surface area contributed by atoms with Crippen molar-refractivity contribution in [3.63, 3.8) is 0 Å². The minimum Gasteiger partial charge on any atom is -0.380 e. The smallest absolute Gasteiger partial charge is 0.263 e. The first-order valence-corrected chi connectivity index (χ1v) is 16.0. The van der Waals surface area contributed by atoms with Gasteiger partial charge in [0.2, 0.25) is 0 Å². The number of carbonyl (C=O) groups is 1. The quantitative estimate of drug-likeness (QED) is 0.292. The van der Waals surface area contributed by atoms with Crippen LogP contribution in [0.25, 0.3) is 11.1 Å².